The van der Waals surface area contributed by atoms with Gasteiger partial charge in [0.2, 0.25) is 5.91 Å². The number of aryl methyl sites for hydroxylation is 2. The van der Waals surface area contributed by atoms with Gasteiger partial charge in [-0.15, -0.1) is 11.3 Å². The lowest BCUT2D eigenvalue weighted by atomic mass is 9.91. The fraction of sp³-hybridized carbons (Fsp3) is 0.545. The first-order valence-corrected chi connectivity index (χ1v) is 12.5. The number of fused-ring (bicyclic) bond motifs is 1. The minimum atomic E-state index is -0.0751. The maximum atomic E-state index is 13.1. The van der Waals surface area contributed by atoms with E-state index < -0.39 is 0 Å². The van der Waals surface area contributed by atoms with Gasteiger partial charge in [0.25, 0.3) is 5.91 Å². The molecule has 0 saturated heterocycles. The van der Waals surface area contributed by atoms with Crippen molar-refractivity contribution in [3.63, 3.8) is 0 Å². The van der Waals surface area contributed by atoms with Crippen LogP contribution in [0.3, 0.4) is 0 Å². The van der Waals surface area contributed by atoms with Crippen molar-refractivity contribution in [1.29, 1.82) is 0 Å². The molecule has 0 spiro atoms. The molecule has 5 rings (SSSR count). The monoisotopic (exact) mass is 472 g/mol. The van der Waals surface area contributed by atoms with E-state index in [9.17, 15) is 9.59 Å². The van der Waals surface area contributed by atoms with Crippen LogP contribution in [0.1, 0.15) is 58.6 Å². The summed E-state index contributed by atoms with van der Waals surface area (Å²) in [5, 5.41) is 20.9. The van der Waals surface area contributed by atoms with Crippen LogP contribution in [0.2, 0.25) is 0 Å². The Balaban J connectivity index is 1.30. The quantitative estimate of drug-likeness (QED) is 0.396. The Kier molecular flexibility index (Phi) is 5.90. The topological polar surface area (TPSA) is 111 Å². The zero-order valence-electron chi connectivity index (χ0n) is 18.0. The van der Waals surface area contributed by atoms with Gasteiger partial charge >= 0.3 is 0 Å². The van der Waals surface area contributed by atoms with Gasteiger partial charge in [-0.3, -0.25) is 14.7 Å². The highest BCUT2D eigenvalue weighted by atomic mass is 32.1. The van der Waals surface area contributed by atoms with Gasteiger partial charge in [0, 0.05) is 35.1 Å². The summed E-state index contributed by atoms with van der Waals surface area (Å²) in [5.41, 5.74) is 2.64. The number of hydrogen-bond donors (Lipinski definition) is 5. The molecular weight excluding hydrogens is 444 g/mol. The van der Waals surface area contributed by atoms with Gasteiger partial charge in [0.15, 0.2) is 10.9 Å². The summed E-state index contributed by atoms with van der Waals surface area (Å²) < 4.78 is 0. The number of thiocarbonyl (C=S) groups is 1. The van der Waals surface area contributed by atoms with Crippen LogP contribution < -0.4 is 21.3 Å². The Bertz CT molecular complexity index is 1050. The maximum absolute atomic E-state index is 13.1. The first-order chi connectivity index (χ1) is 15.5. The van der Waals surface area contributed by atoms with E-state index in [1.807, 2.05) is 13.0 Å². The van der Waals surface area contributed by atoms with Crippen LogP contribution in [0.4, 0.5) is 10.8 Å². The first kappa shape index (κ1) is 21.4. The van der Waals surface area contributed by atoms with Crippen LogP contribution >= 0.6 is 23.6 Å². The van der Waals surface area contributed by atoms with E-state index in [2.05, 4.69) is 31.5 Å². The van der Waals surface area contributed by atoms with Crippen LogP contribution in [0.25, 0.3) is 0 Å². The summed E-state index contributed by atoms with van der Waals surface area (Å²) in [6.45, 7) is 2.64. The molecule has 2 aromatic rings. The lowest BCUT2D eigenvalue weighted by Crippen LogP contribution is -2.41. The van der Waals surface area contributed by atoms with Crippen molar-refractivity contribution in [2.24, 2.45) is 11.8 Å². The largest absolute Gasteiger partial charge is 0.359 e. The van der Waals surface area contributed by atoms with Gasteiger partial charge in [-0.25, -0.2) is 0 Å². The second kappa shape index (κ2) is 8.82. The summed E-state index contributed by atoms with van der Waals surface area (Å²) in [6.07, 6.45) is 6.69. The molecule has 5 N–H and O–H groups in total. The summed E-state index contributed by atoms with van der Waals surface area (Å²) >= 11 is 7.03. The Labute approximate surface area is 196 Å². The summed E-state index contributed by atoms with van der Waals surface area (Å²) in [6, 6.07) is 2.00. The minimum absolute atomic E-state index is 0.0363. The number of carbonyl (C=O) groups is 2. The zero-order chi connectivity index (χ0) is 22.2. The molecule has 2 saturated carbocycles. The summed E-state index contributed by atoms with van der Waals surface area (Å²) in [5.74, 6) is 1.33. The van der Waals surface area contributed by atoms with Gasteiger partial charge in [0.1, 0.15) is 5.00 Å². The van der Waals surface area contributed by atoms with E-state index in [1.54, 1.807) is 11.3 Å². The molecule has 10 heteroatoms. The van der Waals surface area contributed by atoms with E-state index in [1.165, 1.54) is 17.7 Å². The van der Waals surface area contributed by atoms with Crippen LogP contribution in [0.5, 0.6) is 0 Å². The molecule has 0 aliphatic heterocycles. The number of anilines is 2. The van der Waals surface area contributed by atoms with Crippen LogP contribution in [-0.4, -0.2) is 39.7 Å². The van der Waals surface area contributed by atoms with Gasteiger partial charge in [-0.2, -0.15) is 5.10 Å². The molecular formula is C22H28N6O2S2. The number of nitrogens with one attached hydrogen (secondary N) is 5. The van der Waals surface area contributed by atoms with Gasteiger partial charge in [-0.05, 0) is 75.6 Å². The van der Waals surface area contributed by atoms with E-state index in [0.717, 1.165) is 36.9 Å². The molecule has 1 atom stereocenters. The summed E-state index contributed by atoms with van der Waals surface area (Å²) in [7, 11) is 0. The SMILES string of the molecule is Cc1cc(NC(=S)N[C@H]2CCc3sc(NC(=O)C4CC4)c(C(=O)NCC4CC4)c3C2)n[nH]1. The van der Waals surface area contributed by atoms with E-state index in [-0.39, 0.29) is 23.8 Å². The van der Waals surface area contributed by atoms with Crippen LogP contribution in [0.15, 0.2) is 6.07 Å². The van der Waals surface area contributed by atoms with Crippen molar-refractivity contribution >= 4 is 51.3 Å². The van der Waals surface area contributed by atoms with Gasteiger partial charge < -0.3 is 21.3 Å². The molecule has 32 heavy (non-hydrogen) atoms. The lowest BCUT2D eigenvalue weighted by molar-refractivity contribution is -0.117. The van der Waals surface area contributed by atoms with Crippen molar-refractivity contribution in [2.45, 2.75) is 57.9 Å². The highest BCUT2D eigenvalue weighted by molar-refractivity contribution is 7.80. The third kappa shape index (κ3) is 4.96. The number of aromatic nitrogens is 2. The van der Waals surface area contributed by atoms with Crippen molar-refractivity contribution in [3.05, 3.63) is 27.8 Å². The smallest absolute Gasteiger partial charge is 0.254 e. The van der Waals surface area contributed by atoms with Crippen molar-refractivity contribution in [2.75, 3.05) is 17.2 Å². The molecule has 3 aliphatic carbocycles. The normalized spacial score (nSPS) is 19.7. The number of amides is 2. The molecule has 2 amide bonds. The second-order valence-electron chi connectivity index (χ2n) is 9.10. The number of nitrogens with zero attached hydrogens (tertiary/aromatic N) is 1. The number of thiophene rings is 1. The third-order valence-electron chi connectivity index (χ3n) is 6.20. The van der Waals surface area contributed by atoms with E-state index >= 15 is 0 Å². The average Bonchev–Trinajstić information content (AvgIpc) is 3.67. The molecule has 0 bridgehead atoms. The molecule has 8 nitrogen and oxygen atoms in total. The molecule has 0 aromatic carbocycles. The number of rotatable bonds is 7. The van der Waals surface area contributed by atoms with Crippen molar-refractivity contribution in [1.82, 2.24) is 20.8 Å². The van der Waals surface area contributed by atoms with E-state index in [0.29, 0.717) is 40.4 Å². The van der Waals surface area contributed by atoms with Crippen LogP contribution in [-0.2, 0) is 17.6 Å². The third-order valence-corrected chi connectivity index (χ3v) is 7.63. The fourth-order valence-electron chi connectivity index (χ4n) is 4.06. The van der Waals surface area contributed by atoms with E-state index in [4.69, 9.17) is 12.2 Å². The molecule has 3 aliphatic rings. The Morgan fingerprint density at radius 2 is 2.03 bits per heavy atom. The minimum Gasteiger partial charge on any atom is -0.359 e. The Morgan fingerprint density at radius 1 is 1.22 bits per heavy atom. The van der Waals surface area contributed by atoms with Gasteiger partial charge in [0.05, 0.1) is 5.56 Å². The summed E-state index contributed by atoms with van der Waals surface area (Å²) in [4.78, 5) is 26.8. The highest BCUT2D eigenvalue weighted by Crippen LogP contribution is 2.40. The van der Waals surface area contributed by atoms with Crippen molar-refractivity contribution < 1.29 is 9.59 Å². The molecule has 0 unspecified atom stereocenters. The van der Waals surface area contributed by atoms with Crippen molar-refractivity contribution in [3.8, 4) is 0 Å². The average molecular weight is 473 g/mol. The lowest BCUT2D eigenvalue weighted by Gasteiger charge is -2.25. The van der Waals surface area contributed by atoms with Gasteiger partial charge in [-0.1, -0.05) is 0 Å². The standard InChI is InChI=1S/C22H28N6O2S2/c1-11-8-17(28-27-11)25-22(31)24-14-6-7-16-15(9-14)18(20(30)23-10-12-2-3-12)21(32-16)26-19(29)13-4-5-13/h8,12-14H,2-7,9-10H2,1H3,(H,23,30)(H,26,29)(H3,24,25,27,28,31)/t14-/m0/s1. The Hall–Kier alpha value is -2.46. The number of aromatic amines is 1. The highest BCUT2D eigenvalue weighted by Gasteiger charge is 2.34. The number of hydrogen-bond acceptors (Lipinski definition) is 5. The zero-order valence-corrected chi connectivity index (χ0v) is 19.7. The molecule has 2 heterocycles. The fourth-order valence-corrected chi connectivity index (χ4v) is 5.58. The molecule has 2 aromatic heterocycles. The number of H-pyrrole nitrogens is 1. The molecule has 170 valence electrons. The van der Waals surface area contributed by atoms with Crippen LogP contribution in [0, 0.1) is 18.8 Å². The molecule has 2 fully saturated rings. The first-order valence-electron chi connectivity index (χ1n) is 11.3. The predicted molar refractivity (Wildman–Crippen MR) is 129 cm³/mol. The second-order valence-corrected chi connectivity index (χ2v) is 10.6. The predicted octanol–water partition coefficient (Wildman–Crippen LogP) is 3.11. The number of carbonyl (C=O) groups excluding carboxylic acids is 2. The Morgan fingerprint density at radius 3 is 2.72 bits per heavy atom. The molecule has 0 radical (unpaired) electrons. The maximum Gasteiger partial charge on any atom is 0.254 e.